The number of β-amino-alcohol motifs (C(OH)–C–C–N with tert-alkyl or cyclic N) is 1. The minimum absolute atomic E-state index is 0.109. The molecule has 1 aromatic carbocycles. The van der Waals surface area contributed by atoms with Crippen LogP contribution in [0.5, 0.6) is 5.75 Å². The molecule has 1 saturated heterocycles. The summed E-state index contributed by atoms with van der Waals surface area (Å²) in [6, 6.07) is 6.44. The zero-order chi connectivity index (χ0) is 23.5. The number of rotatable bonds is 5. The van der Waals surface area contributed by atoms with Crippen molar-refractivity contribution >= 4 is 34.4 Å². The first-order valence-electron chi connectivity index (χ1n) is 10.8. The van der Waals surface area contributed by atoms with Gasteiger partial charge in [0.15, 0.2) is 17.4 Å². The Labute approximate surface area is 194 Å². The van der Waals surface area contributed by atoms with Crippen molar-refractivity contribution in [1.29, 1.82) is 0 Å². The first-order chi connectivity index (χ1) is 15.9. The molecule has 0 bridgehead atoms. The molecule has 4 rings (SSSR count). The fourth-order valence-electron chi connectivity index (χ4n) is 3.87. The Morgan fingerprint density at radius 1 is 1.36 bits per heavy atom. The summed E-state index contributed by atoms with van der Waals surface area (Å²) in [4.78, 5) is 14.4. The first-order valence-corrected chi connectivity index (χ1v) is 11.9. The van der Waals surface area contributed by atoms with E-state index in [1.54, 1.807) is 18.4 Å². The van der Waals surface area contributed by atoms with E-state index in [0.717, 1.165) is 5.56 Å². The molecule has 2 aliphatic rings. The van der Waals surface area contributed by atoms with Crippen LogP contribution in [0.4, 0.5) is 5.69 Å². The van der Waals surface area contributed by atoms with Gasteiger partial charge < -0.3 is 30.2 Å². The van der Waals surface area contributed by atoms with Crippen molar-refractivity contribution in [3.63, 3.8) is 0 Å². The van der Waals surface area contributed by atoms with Gasteiger partial charge in [-0.2, -0.15) is 0 Å². The highest BCUT2D eigenvalue weighted by molar-refractivity contribution is 7.83. The number of nitrogens with zero attached hydrogens (tertiary/aromatic N) is 3. The van der Waals surface area contributed by atoms with Gasteiger partial charge in [0, 0.05) is 13.1 Å². The number of para-hydroxylation sites is 1. The molecule has 1 amide bonds. The van der Waals surface area contributed by atoms with E-state index < -0.39 is 17.3 Å². The third-order valence-corrected chi connectivity index (χ3v) is 6.26. The number of carbonyl (C=O) groups excluding carboxylic acids is 1. The summed E-state index contributed by atoms with van der Waals surface area (Å²) in [6.07, 6.45) is 3.13. The number of benzene rings is 1. The van der Waals surface area contributed by atoms with Crippen molar-refractivity contribution in [1.82, 2.24) is 10.2 Å². The predicted octanol–water partition coefficient (Wildman–Crippen LogP) is 2.43. The Morgan fingerprint density at radius 3 is 2.85 bits per heavy atom. The van der Waals surface area contributed by atoms with Crippen molar-refractivity contribution in [3.05, 3.63) is 47.4 Å². The zero-order valence-corrected chi connectivity index (χ0v) is 19.3. The monoisotopic (exact) mass is 473 g/mol. The van der Waals surface area contributed by atoms with Crippen LogP contribution < -0.4 is 10.6 Å². The Kier molecular flexibility index (Phi) is 6.80. The van der Waals surface area contributed by atoms with Gasteiger partial charge in [-0.25, -0.2) is 4.21 Å². The van der Waals surface area contributed by atoms with Gasteiger partial charge >= 0.3 is 0 Å². The molecule has 0 spiro atoms. The van der Waals surface area contributed by atoms with E-state index in [2.05, 4.69) is 19.4 Å². The number of phenols is 1. The SMILES string of the molecule is CCC(NC1=NS(=O)N=C1Nc1cccc(C(=O)N2CCCC(O)C2)c1O)c1cc(C)co1. The van der Waals surface area contributed by atoms with Gasteiger partial charge in [0.05, 0.1) is 29.7 Å². The van der Waals surface area contributed by atoms with Gasteiger partial charge in [-0.05, 0) is 49.9 Å². The number of likely N-dealkylation sites (tertiary alicyclic amines) is 1. The van der Waals surface area contributed by atoms with Crippen LogP contribution in [0.25, 0.3) is 0 Å². The van der Waals surface area contributed by atoms with Crippen LogP contribution in [-0.2, 0) is 11.2 Å². The smallest absolute Gasteiger partial charge is 0.269 e. The average Bonchev–Trinajstić information content (AvgIpc) is 3.37. The summed E-state index contributed by atoms with van der Waals surface area (Å²) >= 11 is -1.82. The van der Waals surface area contributed by atoms with Crippen LogP contribution in [0.3, 0.4) is 0 Å². The Morgan fingerprint density at radius 2 is 2.15 bits per heavy atom. The minimum atomic E-state index is -1.82. The highest BCUT2D eigenvalue weighted by Gasteiger charge is 2.28. The van der Waals surface area contributed by atoms with Crippen LogP contribution in [0.2, 0.25) is 0 Å². The summed E-state index contributed by atoms with van der Waals surface area (Å²) < 4.78 is 25.7. The lowest BCUT2D eigenvalue weighted by Gasteiger charge is -2.30. The molecule has 3 heterocycles. The fourth-order valence-corrected chi connectivity index (χ4v) is 4.49. The van der Waals surface area contributed by atoms with Crippen LogP contribution >= 0.6 is 0 Å². The average molecular weight is 474 g/mol. The summed E-state index contributed by atoms with van der Waals surface area (Å²) in [5.41, 5.74) is 1.33. The lowest BCUT2D eigenvalue weighted by molar-refractivity contribution is 0.0471. The van der Waals surface area contributed by atoms with Crippen LogP contribution in [0.15, 0.2) is 43.7 Å². The van der Waals surface area contributed by atoms with Crippen LogP contribution in [0, 0.1) is 6.92 Å². The van der Waals surface area contributed by atoms with Gasteiger partial charge in [-0.3, -0.25) is 4.79 Å². The molecule has 0 saturated carbocycles. The molecule has 11 heteroatoms. The van der Waals surface area contributed by atoms with Gasteiger partial charge in [0.2, 0.25) is 0 Å². The van der Waals surface area contributed by atoms with E-state index in [-0.39, 0.29) is 47.2 Å². The molecule has 3 atom stereocenters. The fraction of sp³-hybridized carbons (Fsp3) is 0.409. The third-order valence-electron chi connectivity index (χ3n) is 5.58. The lowest BCUT2D eigenvalue weighted by atomic mass is 10.1. The molecular weight excluding hydrogens is 446 g/mol. The maximum absolute atomic E-state index is 12.9. The number of piperidine rings is 1. The van der Waals surface area contributed by atoms with Crippen molar-refractivity contribution in [2.75, 3.05) is 18.4 Å². The van der Waals surface area contributed by atoms with Gasteiger partial charge in [-0.1, -0.05) is 13.0 Å². The standard InChI is InChI=1S/C22H27N5O5S/c1-3-16(18-10-13(2)12-32-18)23-20-21(26-33(31)25-20)24-17-8-4-7-15(19(17)29)22(30)27-9-5-6-14(28)11-27/h4,7-8,10,12,14,16,28-29H,3,5-6,9,11H2,1-2H3,(H,23,25)(H,24,26). The number of aliphatic hydroxyl groups excluding tert-OH is 1. The number of aliphatic hydroxyl groups is 1. The molecule has 3 unspecified atom stereocenters. The second-order valence-corrected chi connectivity index (χ2v) is 8.94. The summed E-state index contributed by atoms with van der Waals surface area (Å²) in [7, 11) is 0. The number of aromatic hydroxyl groups is 1. The first kappa shape index (κ1) is 23.0. The molecule has 0 aliphatic carbocycles. The number of hydrogen-bond acceptors (Lipinski definition) is 7. The molecule has 2 aromatic rings. The quantitative estimate of drug-likeness (QED) is 0.489. The van der Waals surface area contributed by atoms with Gasteiger partial charge in [0.1, 0.15) is 5.76 Å². The summed E-state index contributed by atoms with van der Waals surface area (Å²) in [5, 5.41) is 26.8. The van der Waals surface area contributed by atoms with Crippen molar-refractivity contribution in [3.8, 4) is 5.75 Å². The molecule has 33 heavy (non-hydrogen) atoms. The molecule has 1 aromatic heterocycles. The third kappa shape index (κ3) is 5.09. The predicted molar refractivity (Wildman–Crippen MR) is 125 cm³/mol. The van der Waals surface area contributed by atoms with Crippen molar-refractivity contribution in [2.24, 2.45) is 8.80 Å². The van der Waals surface area contributed by atoms with E-state index in [0.29, 0.717) is 31.6 Å². The lowest BCUT2D eigenvalue weighted by Crippen LogP contribution is -2.42. The van der Waals surface area contributed by atoms with E-state index in [4.69, 9.17) is 4.42 Å². The van der Waals surface area contributed by atoms with Crippen molar-refractivity contribution in [2.45, 2.75) is 45.3 Å². The molecular formula is C22H27N5O5S. The van der Waals surface area contributed by atoms with Gasteiger partial charge in [-0.15, -0.1) is 8.80 Å². The largest absolute Gasteiger partial charge is 0.505 e. The van der Waals surface area contributed by atoms with E-state index >= 15 is 0 Å². The van der Waals surface area contributed by atoms with Gasteiger partial charge in [0.25, 0.3) is 17.1 Å². The van der Waals surface area contributed by atoms with Crippen LogP contribution in [-0.4, -0.2) is 56.1 Å². The number of furan rings is 1. The molecule has 0 radical (unpaired) electrons. The van der Waals surface area contributed by atoms with E-state index in [9.17, 15) is 19.2 Å². The number of amidine groups is 2. The van der Waals surface area contributed by atoms with E-state index in [1.807, 2.05) is 19.9 Å². The van der Waals surface area contributed by atoms with Crippen LogP contribution in [0.1, 0.15) is 53.9 Å². The number of aryl methyl sites for hydroxylation is 1. The van der Waals surface area contributed by atoms with E-state index in [1.165, 1.54) is 11.0 Å². The summed E-state index contributed by atoms with van der Waals surface area (Å²) in [5.74, 6) is 0.552. The number of nitrogens with one attached hydrogen (secondary N) is 2. The molecule has 1 fully saturated rings. The Bertz CT molecular complexity index is 1130. The maximum atomic E-state index is 12.9. The maximum Gasteiger partial charge on any atom is 0.269 e. The highest BCUT2D eigenvalue weighted by Crippen LogP contribution is 2.30. The molecule has 2 aliphatic heterocycles. The Hall–Kier alpha value is -3.18. The Balaban J connectivity index is 1.52. The minimum Gasteiger partial charge on any atom is -0.505 e. The second-order valence-electron chi connectivity index (χ2n) is 8.12. The molecule has 4 N–H and O–H groups in total. The zero-order valence-electron chi connectivity index (χ0n) is 18.4. The number of amides is 1. The topological polar surface area (TPSA) is 140 Å². The molecule has 10 nitrogen and oxygen atoms in total. The number of anilines is 1. The second kappa shape index (κ2) is 9.75. The highest BCUT2D eigenvalue weighted by atomic mass is 32.2. The number of hydrogen-bond donors (Lipinski definition) is 4. The van der Waals surface area contributed by atoms with Crippen molar-refractivity contribution < 1.29 is 23.6 Å². The normalized spacial score (nSPS) is 21.4. The number of carbonyl (C=O) groups is 1. The number of phenolic OH excluding ortho intramolecular Hbond substituents is 1. The molecule has 176 valence electrons. The summed E-state index contributed by atoms with van der Waals surface area (Å²) in [6.45, 7) is 4.65.